The Balaban J connectivity index is 1.87. The van der Waals surface area contributed by atoms with Crippen molar-refractivity contribution in [3.05, 3.63) is 45.2 Å². The van der Waals surface area contributed by atoms with Gasteiger partial charge in [0.2, 0.25) is 0 Å². The molecule has 8 heteroatoms. The molecule has 1 N–H and O–H groups in total. The number of rotatable bonds is 7. The molecule has 1 amide bonds. The summed E-state index contributed by atoms with van der Waals surface area (Å²) >= 11 is 7.65. The van der Waals surface area contributed by atoms with Crippen molar-refractivity contribution in [3.8, 4) is 0 Å². The van der Waals surface area contributed by atoms with Crippen molar-refractivity contribution in [2.24, 2.45) is 0 Å². The first kappa shape index (κ1) is 22.2. The zero-order valence-electron chi connectivity index (χ0n) is 16.7. The van der Waals surface area contributed by atoms with Crippen LogP contribution in [0, 0.1) is 27.7 Å². The molecule has 0 bridgehead atoms. The van der Waals surface area contributed by atoms with E-state index in [-0.39, 0.29) is 13.0 Å². The number of aryl methyl sites for hydroxylation is 4. The highest BCUT2D eigenvalue weighted by Gasteiger charge is 2.14. The molecule has 1 heterocycles. The van der Waals surface area contributed by atoms with Gasteiger partial charge in [-0.1, -0.05) is 29.4 Å². The predicted molar refractivity (Wildman–Crippen MR) is 112 cm³/mol. The lowest BCUT2D eigenvalue weighted by Crippen LogP contribution is -2.21. The fraction of sp³-hybridized carbons (Fsp3) is 0.400. The van der Waals surface area contributed by atoms with Gasteiger partial charge >= 0.3 is 5.97 Å². The van der Waals surface area contributed by atoms with E-state index in [1.54, 1.807) is 6.07 Å². The highest BCUT2D eigenvalue weighted by atomic mass is 35.5. The lowest BCUT2D eigenvalue weighted by molar-refractivity contribution is -0.147. The molecule has 2 aromatic rings. The molecule has 28 heavy (non-hydrogen) atoms. The van der Waals surface area contributed by atoms with Crippen molar-refractivity contribution in [1.29, 1.82) is 0 Å². The maximum atomic E-state index is 12.1. The molecule has 1 aromatic carbocycles. The number of esters is 1. The summed E-state index contributed by atoms with van der Waals surface area (Å²) in [4.78, 5) is 32.9. The molecular formula is C20H24ClN3O3S. The Labute approximate surface area is 174 Å². The van der Waals surface area contributed by atoms with Crippen LogP contribution in [0.2, 0.25) is 5.02 Å². The third kappa shape index (κ3) is 5.94. The first-order chi connectivity index (χ1) is 13.2. The minimum atomic E-state index is -0.449. The smallest absolute Gasteiger partial charge is 0.306 e. The minimum Gasteiger partial charge on any atom is -0.456 e. The molecule has 0 aliphatic heterocycles. The number of anilines is 1. The van der Waals surface area contributed by atoms with E-state index in [0.29, 0.717) is 22.3 Å². The molecule has 0 atom stereocenters. The number of benzene rings is 1. The fourth-order valence-electron chi connectivity index (χ4n) is 2.86. The van der Waals surface area contributed by atoms with Crippen molar-refractivity contribution in [2.75, 3.05) is 18.2 Å². The van der Waals surface area contributed by atoms with Crippen LogP contribution in [0.5, 0.6) is 0 Å². The van der Waals surface area contributed by atoms with Crippen molar-refractivity contribution >= 4 is 40.9 Å². The van der Waals surface area contributed by atoms with E-state index in [4.69, 9.17) is 16.3 Å². The van der Waals surface area contributed by atoms with Gasteiger partial charge in [-0.05, 0) is 63.1 Å². The van der Waals surface area contributed by atoms with Crippen LogP contribution < -0.4 is 5.32 Å². The molecule has 0 spiro atoms. The Morgan fingerprint density at radius 3 is 2.36 bits per heavy atom. The molecule has 150 valence electrons. The highest BCUT2D eigenvalue weighted by molar-refractivity contribution is 7.98. The zero-order valence-corrected chi connectivity index (χ0v) is 18.3. The van der Waals surface area contributed by atoms with Gasteiger partial charge in [0.15, 0.2) is 11.8 Å². The molecule has 0 saturated carbocycles. The van der Waals surface area contributed by atoms with Gasteiger partial charge in [-0.25, -0.2) is 9.97 Å². The van der Waals surface area contributed by atoms with Crippen LogP contribution in [0.15, 0.2) is 17.3 Å². The number of carbonyl (C=O) groups excluding carboxylic acids is 2. The average molecular weight is 422 g/mol. The molecular weight excluding hydrogens is 398 g/mol. The van der Waals surface area contributed by atoms with Crippen LogP contribution in [-0.2, 0) is 20.7 Å². The van der Waals surface area contributed by atoms with Crippen LogP contribution in [0.25, 0.3) is 0 Å². The van der Waals surface area contributed by atoms with Gasteiger partial charge in [-0.3, -0.25) is 9.59 Å². The van der Waals surface area contributed by atoms with Gasteiger partial charge in [0, 0.05) is 17.8 Å². The predicted octanol–water partition coefficient (Wildman–Crippen LogP) is 4.20. The SMILES string of the molecule is CSc1nc(C)c(CCC(=O)OCC(=O)Nc2c(C)cc(C)cc2Cl)c(C)n1. The van der Waals surface area contributed by atoms with E-state index in [0.717, 1.165) is 28.1 Å². The summed E-state index contributed by atoms with van der Waals surface area (Å²) in [5.74, 6) is -0.878. The standard InChI is InChI=1S/C20H24ClN3O3S/c1-11-8-12(2)19(16(21)9-11)24-17(25)10-27-18(26)7-6-15-13(3)22-20(28-5)23-14(15)4/h8-9H,6-7,10H2,1-5H3,(H,24,25). The average Bonchev–Trinajstić information content (AvgIpc) is 2.62. The molecule has 0 saturated heterocycles. The fourth-order valence-corrected chi connectivity index (χ4v) is 3.68. The summed E-state index contributed by atoms with van der Waals surface area (Å²) < 4.78 is 5.09. The number of halogens is 1. The normalized spacial score (nSPS) is 10.6. The van der Waals surface area contributed by atoms with Crippen LogP contribution in [-0.4, -0.2) is 34.7 Å². The van der Waals surface area contributed by atoms with E-state index >= 15 is 0 Å². The Bertz CT molecular complexity index is 856. The molecule has 2 rings (SSSR count). The van der Waals surface area contributed by atoms with Gasteiger partial charge in [0.25, 0.3) is 5.91 Å². The molecule has 0 radical (unpaired) electrons. The summed E-state index contributed by atoms with van der Waals surface area (Å²) in [6.45, 7) is 7.22. The van der Waals surface area contributed by atoms with Gasteiger partial charge in [0.1, 0.15) is 0 Å². The Morgan fingerprint density at radius 1 is 1.14 bits per heavy atom. The number of hydrogen-bond acceptors (Lipinski definition) is 6. The van der Waals surface area contributed by atoms with E-state index in [1.165, 1.54) is 11.8 Å². The minimum absolute atomic E-state index is 0.154. The van der Waals surface area contributed by atoms with Crippen LogP contribution in [0.1, 0.15) is 34.5 Å². The van der Waals surface area contributed by atoms with Crippen LogP contribution in [0.4, 0.5) is 5.69 Å². The zero-order chi connectivity index (χ0) is 20.8. The topological polar surface area (TPSA) is 81.2 Å². The van der Waals surface area contributed by atoms with Gasteiger partial charge in [-0.2, -0.15) is 0 Å². The molecule has 6 nitrogen and oxygen atoms in total. The lowest BCUT2D eigenvalue weighted by Gasteiger charge is -2.12. The Morgan fingerprint density at radius 2 is 1.79 bits per heavy atom. The second kappa shape index (κ2) is 9.89. The van der Waals surface area contributed by atoms with Crippen LogP contribution in [0.3, 0.4) is 0 Å². The number of aromatic nitrogens is 2. The largest absolute Gasteiger partial charge is 0.456 e. The van der Waals surface area contributed by atoms with Gasteiger partial charge in [0.05, 0.1) is 10.7 Å². The van der Waals surface area contributed by atoms with E-state index in [2.05, 4.69) is 15.3 Å². The van der Waals surface area contributed by atoms with Crippen molar-refractivity contribution in [2.45, 2.75) is 45.7 Å². The second-order valence-corrected chi connectivity index (χ2v) is 7.69. The molecule has 0 aliphatic carbocycles. The number of ether oxygens (including phenoxy) is 1. The monoisotopic (exact) mass is 421 g/mol. The first-order valence-corrected chi connectivity index (χ1v) is 10.4. The van der Waals surface area contributed by atoms with Crippen molar-refractivity contribution < 1.29 is 14.3 Å². The molecule has 1 aromatic heterocycles. The maximum Gasteiger partial charge on any atom is 0.306 e. The number of nitrogens with one attached hydrogen (secondary N) is 1. The number of carbonyl (C=O) groups is 2. The quantitative estimate of drug-likeness (QED) is 0.410. The van der Waals surface area contributed by atoms with E-state index < -0.39 is 11.9 Å². The summed E-state index contributed by atoms with van der Waals surface area (Å²) in [5, 5.41) is 3.86. The molecule has 0 unspecified atom stereocenters. The van der Waals surface area contributed by atoms with Gasteiger partial charge < -0.3 is 10.1 Å². The number of amides is 1. The highest BCUT2D eigenvalue weighted by Crippen LogP contribution is 2.27. The van der Waals surface area contributed by atoms with E-state index in [9.17, 15) is 9.59 Å². The molecule has 0 aliphatic rings. The number of nitrogens with zero attached hydrogens (tertiary/aromatic N) is 2. The summed E-state index contributed by atoms with van der Waals surface area (Å²) in [6.07, 6.45) is 2.54. The van der Waals surface area contributed by atoms with Crippen molar-refractivity contribution in [3.63, 3.8) is 0 Å². The molecule has 0 fully saturated rings. The number of thioether (sulfide) groups is 1. The van der Waals surface area contributed by atoms with E-state index in [1.807, 2.05) is 40.0 Å². The lowest BCUT2D eigenvalue weighted by atomic mass is 10.1. The third-order valence-electron chi connectivity index (χ3n) is 4.22. The Kier molecular flexibility index (Phi) is 7.83. The maximum absolute atomic E-state index is 12.1. The van der Waals surface area contributed by atoms with Crippen LogP contribution >= 0.6 is 23.4 Å². The summed E-state index contributed by atoms with van der Waals surface area (Å²) in [5.41, 5.74) is 5.03. The first-order valence-electron chi connectivity index (χ1n) is 8.81. The summed E-state index contributed by atoms with van der Waals surface area (Å²) in [6, 6.07) is 3.69. The Hall–Kier alpha value is -2.12. The van der Waals surface area contributed by atoms with Gasteiger partial charge in [-0.15, -0.1) is 0 Å². The number of hydrogen-bond donors (Lipinski definition) is 1. The second-order valence-electron chi connectivity index (χ2n) is 6.51. The third-order valence-corrected chi connectivity index (χ3v) is 5.07. The van der Waals surface area contributed by atoms with Crippen molar-refractivity contribution in [1.82, 2.24) is 9.97 Å². The summed E-state index contributed by atoms with van der Waals surface area (Å²) in [7, 11) is 0.